The molecule has 0 heterocycles. The SMILES string of the molecule is CCCC(CCO)CN=C(NCC)NCCN(CC)CCC. The molecule has 0 aliphatic heterocycles. The van der Waals surface area contributed by atoms with Crippen LogP contribution in [0.5, 0.6) is 0 Å². The van der Waals surface area contributed by atoms with Crippen molar-refractivity contribution in [3.05, 3.63) is 0 Å². The van der Waals surface area contributed by atoms with Crippen molar-refractivity contribution in [3.63, 3.8) is 0 Å². The van der Waals surface area contributed by atoms with Crippen molar-refractivity contribution in [2.45, 2.75) is 53.4 Å². The van der Waals surface area contributed by atoms with Crippen molar-refractivity contribution >= 4 is 5.96 Å². The summed E-state index contributed by atoms with van der Waals surface area (Å²) in [7, 11) is 0. The molecule has 0 aliphatic carbocycles. The van der Waals surface area contributed by atoms with E-state index in [2.05, 4.69) is 48.2 Å². The zero-order valence-electron chi connectivity index (χ0n) is 15.2. The molecule has 0 radical (unpaired) electrons. The standard InChI is InChI=1S/C17H38N4O/c1-5-9-16(10-14-22)15-20-17(18-7-3)19-11-13-21(8-4)12-6-2/h16,22H,5-15H2,1-4H3,(H2,18,19,20). The van der Waals surface area contributed by atoms with Gasteiger partial charge in [0.05, 0.1) is 0 Å². The third-order valence-corrected chi connectivity index (χ3v) is 3.79. The van der Waals surface area contributed by atoms with Gasteiger partial charge in [0, 0.05) is 32.8 Å². The highest BCUT2D eigenvalue weighted by atomic mass is 16.3. The van der Waals surface area contributed by atoms with Crippen LogP contribution in [-0.4, -0.2) is 61.8 Å². The Morgan fingerprint density at radius 1 is 1.05 bits per heavy atom. The lowest BCUT2D eigenvalue weighted by Gasteiger charge is -2.21. The number of rotatable bonds is 13. The first kappa shape index (κ1) is 21.2. The molecule has 0 bridgehead atoms. The third-order valence-electron chi connectivity index (χ3n) is 3.79. The van der Waals surface area contributed by atoms with Crippen molar-refractivity contribution in [2.75, 3.05) is 45.9 Å². The van der Waals surface area contributed by atoms with Crippen molar-refractivity contribution in [2.24, 2.45) is 10.9 Å². The number of aliphatic hydroxyl groups excluding tert-OH is 1. The molecule has 0 aromatic rings. The average molecular weight is 315 g/mol. The van der Waals surface area contributed by atoms with E-state index in [1.807, 2.05) is 0 Å². The monoisotopic (exact) mass is 314 g/mol. The van der Waals surface area contributed by atoms with Crippen LogP contribution in [0.15, 0.2) is 4.99 Å². The van der Waals surface area contributed by atoms with Crippen LogP contribution in [0.25, 0.3) is 0 Å². The van der Waals surface area contributed by atoms with Gasteiger partial charge < -0.3 is 20.6 Å². The number of guanidine groups is 1. The molecule has 0 aliphatic rings. The quantitative estimate of drug-likeness (QED) is 0.360. The molecular formula is C17H38N4O. The van der Waals surface area contributed by atoms with Crippen molar-refractivity contribution in [3.8, 4) is 0 Å². The topological polar surface area (TPSA) is 59.9 Å². The summed E-state index contributed by atoms with van der Waals surface area (Å²) in [5.41, 5.74) is 0. The fraction of sp³-hybridized carbons (Fsp3) is 0.941. The Labute approximate surface area is 137 Å². The van der Waals surface area contributed by atoms with Gasteiger partial charge in [-0.2, -0.15) is 0 Å². The fourth-order valence-corrected chi connectivity index (χ4v) is 2.56. The van der Waals surface area contributed by atoms with Gasteiger partial charge in [-0.15, -0.1) is 0 Å². The van der Waals surface area contributed by atoms with Crippen LogP contribution < -0.4 is 10.6 Å². The molecule has 1 atom stereocenters. The second-order valence-electron chi connectivity index (χ2n) is 5.75. The maximum absolute atomic E-state index is 9.13. The molecular weight excluding hydrogens is 276 g/mol. The lowest BCUT2D eigenvalue weighted by molar-refractivity contribution is 0.253. The van der Waals surface area contributed by atoms with Crippen LogP contribution in [0.4, 0.5) is 0 Å². The van der Waals surface area contributed by atoms with Crippen LogP contribution in [0.1, 0.15) is 53.4 Å². The second kappa shape index (κ2) is 15.1. The molecule has 132 valence electrons. The second-order valence-corrected chi connectivity index (χ2v) is 5.75. The Kier molecular flexibility index (Phi) is 14.5. The lowest BCUT2D eigenvalue weighted by atomic mass is 10.0. The molecule has 1 unspecified atom stereocenters. The highest BCUT2D eigenvalue weighted by Gasteiger charge is 2.07. The average Bonchev–Trinajstić information content (AvgIpc) is 2.51. The van der Waals surface area contributed by atoms with E-state index in [9.17, 15) is 0 Å². The molecule has 0 aromatic heterocycles. The van der Waals surface area contributed by atoms with Crippen LogP contribution in [0.2, 0.25) is 0 Å². The summed E-state index contributed by atoms with van der Waals surface area (Å²) in [6, 6.07) is 0. The van der Waals surface area contributed by atoms with Gasteiger partial charge in [0.1, 0.15) is 0 Å². The summed E-state index contributed by atoms with van der Waals surface area (Å²) in [6.45, 7) is 14.8. The molecule has 0 aromatic carbocycles. The van der Waals surface area contributed by atoms with Gasteiger partial charge in [-0.05, 0) is 45.2 Å². The van der Waals surface area contributed by atoms with E-state index in [1.165, 1.54) is 6.42 Å². The lowest BCUT2D eigenvalue weighted by Crippen LogP contribution is -2.42. The summed E-state index contributed by atoms with van der Waals surface area (Å²) in [5, 5.41) is 15.8. The van der Waals surface area contributed by atoms with E-state index < -0.39 is 0 Å². The van der Waals surface area contributed by atoms with E-state index in [-0.39, 0.29) is 6.61 Å². The molecule has 0 amide bonds. The smallest absolute Gasteiger partial charge is 0.191 e. The Bertz CT molecular complexity index is 265. The van der Waals surface area contributed by atoms with Gasteiger partial charge in [0.25, 0.3) is 0 Å². The van der Waals surface area contributed by atoms with Crippen molar-refractivity contribution < 1.29 is 5.11 Å². The number of aliphatic imine (C=N–C) groups is 1. The number of nitrogens with zero attached hydrogens (tertiary/aromatic N) is 2. The fourth-order valence-electron chi connectivity index (χ4n) is 2.56. The van der Waals surface area contributed by atoms with Crippen LogP contribution in [0.3, 0.4) is 0 Å². The summed E-state index contributed by atoms with van der Waals surface area (Å²) in [5.74, 6) is 1.38. The summed E-state index contributed by atoms with van der Waals surface area (Å²) < 4.78 is 0. The Morgan fingerprint density at radius 3 is 2.36 bits per heavy atom. The summed E-state index contributed by atoms with van der Waals surface area (Å²) >= 11 is 0. The third kappa shape index (κ3) is 10.9. The van der Waals surface area contributed by atoms with Crippen molar-refractivity contribution in [1.29, 1.82) is 0 Å². The molecule has 0 fully saturated rings. The van der Waals surface area contributed by atoms with E-state index in [1.54, 1.807) is 0 Å². The van der Waals surface area contributed by atoms with Gasteiger partial charge in [0.2, 0.25) is 0 Å². The predicted octanol–water partition coefficient (Wildman–Crippen LogP) is 2.07. The van der Waals surface area contributed by atoms with Crippen LogP contribution in [-0.2, 0) is 0 Å². The maximum atomic E-state index is 9.13. The number of hydrogen-bond donors (Lipinski definition) is 3. The number of hydrogen-bond acceptors (Lipinski definition) is 3. The highest BCUT2D eigenvalue weighted by molar-refractivity contribution is 5.79. The summed E-state index contributed by atoms with van der Waals surface area (Å²) in [4.78, 5) is 7.13. The number of aliphatic hydroxyl groups is 1. The number of likely N-dealkylation sites (N-methyl/N-ethyl adjacent to an activating group) is 1. The Morgan fingerprint density at radius 2 is 1.82 bits per heavy atom. The highest BCUT2D eigenvalue weighted by Crippen LogP contribution is 2.10. The van der Waals surface area contributed by atoms with Crippen LogP contribution >= 0.6 is 0 Å². The molecule has 5 nitrogen and oxygen atoms in total. The molecule has 5 heteroatoms. The first-order chi connectivity index (χ1) is 10.7. The van der Waals surface area contributed by atoms with E-state index in [4.69, 9.17) is 5.11 Å². The molecule has 0 spiro atoms. The van der Waals surface area contributed by atoms with E-state index in [0.717, 1.165) is 64.5 Å². The summed E-state index contributed by atoms with van der Waals surface area (Å²) in [6.07, 6.45) is 4.31. The van der Waals surface area contributed by atoms with Gasteiger partial charge in [-0.3, -0.25) is 4.99 Å². The van der Waals surface area contributed by atoms with Gasteiger partial charge in [-0.1, -0.05) is 27.2 Å². The molecule has 0 saturated heterocycles. The predicted molar refractivity (Wildman–Crippen MR) is 96.5 cm³/mol. The zero-order valence-corrected chi connectivity index (χ0v) is 15.2. The minimum absolute atomic E-state index is 0.257. The van der Waals surface area contributed by atoms with Crippen molar-refractivity contribution in [1.82, 2.24) is 15.5 Å². The molecule has 0 saturated carbocycles. The number of nitrogens with one attached hydrogen (secondary N) is 2. The molecule has 0 rings (SSSR count). The van der Waals surface area contributed by atoms with E-state index >= 15 is 0 Å². The van der Waals surface area contributed by atoms with Gasteiger partial charge in [0.15, 0.2) is 5.96 Å². The van der Waals surface area contributed by atoms with Gasteiger partial charge in [-0.25, -0.2) is 0 Å². The minimum Gasteiger partial charge on any atom is -0.396 e. The Hall–Kier alpha value is -0.810. The first-order valence-corrected chi connectivity index (χ1v) is 9.07. The molecule has 3 N–H and O–H groups in total. The van der Waals surface area contributed by atoms with Gasteiger partial charge >= 0.3 is 0 Å². The Balaban J connectivity index is 4.28. The maximum Gasteiger partial charge on any atom is 0.191 e. The largest absolute Gasteiger partial charge is 0.396 e. The first-order valence-electron chi connectivity index (χ1n) is 9.07. The van der Waals surface area contributed by atoms with Crippen LogP contribution in [0, 0.1) is 5.92 Å². The zero-order chi connectivity index (χ0) is 16.6. The molecule has 22 heavy (non-hydrogen) atoms. The van der Waals surface area contributed by atoms with E-state index in [0.29, 0.717) is 5.92 Å². The minimum atomic E-state index is 0.257. The normalized spacial score (nSPS) is 13.5.